The van der Waals surface area contributed by atoms with E-state index in [1.807, 2.05) is 0 Å². The van der Waals surface area contributed by atoms with Gasteiger partial charge >= 0.3 is 0 Å². The Bertz CT molecular complexity index is 412. The molecule has 0 aromatic carbocycles. The Balaban J connectivity index is 1.76. The van der Waals surface area contributed by atoms with Gasteiger partial charge in [-0.2, -0.15) is 0 Å². The summed E-state index contributed by atoms with van der Waals surface area (Å²) < 4.78 is 0. The van der Waals surface area contributed by atoms with Gasteiger partial charge in [-0.1, -0.05) is 0 Å². The molecule has 4 nitrogen and oxygen atoms in total. The van der Waals surface area contributed by atoms with E-state index in [9.17, 15) is 0 Å². The zero-order valence-electron chi connectivity index (χ0n) is 11.2. The van der Waals surface area contributed by atoms with Crippen molar-refractivity contribution in [2.45, 2.75) is 45.6 Å². The van der Waals surface area contributed by atoms with Crippen LogP contribution in [0, 0.1) is 18.8 Å². The lowest BCUT2D eigenvalue weighted by Gasteiger charge is -2.20. The van der Waals surface area contributed by atoms with Crippen LogP contribution in [-0.4, -0.2) is 22.6 Å². The Morgan fingerprint density at radius 2 is 1.78 bits per heavy atom. The van der Waals surface area contributed by atoms with Gasteiger partial charge in [0.2, 0.25) is 0 Å². The molecule has 0 saturated heterocycles. The third-order valence-corrected chi connectivity index (χ3v) is 3.99. The molecule has 0 spiro atoms. The lowest BCUT2D eigenvalue weighted by molar-refractivity contribution is 0.565. The summed E-state index contributed by atoms with van der Waals surface area (Å²) in [7, 11) is 0. The normalized spacial score (nSPS) is 19.1. The number of nitrogens with zero attached hydrogens (tertiary/aromatic N) is 2. The summed E-state index contributed by atoms with van der Waals surface area (Å²) in [6.07, 6.45) is 7.21. The highest BCUT2D eigenvalue weighted by atomic mass is 15.1. The van der Waals surface area contributed by atoms with Crippen LogP contribution in [0.1, 0.15) is 38.2 Å². The number of anilines is 2. The first-order valence-electron chi connectivity index (χ1n) is 7.11. The average Bonchev–Trinajstić information content (AvgIpc) is 3.24. The summed E-state index contributed by atoms with van der Waals surface area (Å²) in [6, 6.07) is 0.646. The maximum Gasteiger partial charge on any atom is 0.134 e. The van der Waals surface area contributed by atoms with Gasteiger partial charge in [-0.25, -0.2) is 9.97 Å². The van der Waals surface area contributed by atoms with Crippen LogP contribution in [0.3, 0.4) is 0 Å². The van der Waals surface area contributed by atoms with Crippen molar-refractivity contribution < 1.29 is 0 Å². The standard InChI is InChI=1S/C14H22N4/c1-3-15-13-9(2)14(17-8-16-13)18-12(10-4-5-10)11-6-7-11/h8,10-12H,3-7H2,1-2H3,(H2,15,16,17,18). The Morgan fingerprint density at radius 3 is 2.33 bits per heavy atom. The monoisotopic (exact) mass is 246 g/mol. The van der Waals surface area contributed by atoms with E-state index in [0.29, 0.717) is 6.04 Å². The van der Waals surface area contributed by atoms with Gasteiger partial charge in [0.1, 0.15) is 18.0 Å². The van der Waals surface area contributed by atoms with Crippen LogP contribution >= 0.6 is 0 Å². The summed E-state index contributed by atoms with van der Waals surface area (Å²) in [6.45, 7) is 5.08. The maximum absolute atomic E-state index is 4.42. The molecule has 2 aliphatic carbocycles. The third kappa shape index (κ3) is 2.42. The molecule has 1 aromatic rings. The predicted octanol–water partition coefficient (Wildman–Crippen LogP) is 2.82. The largest absolute Gasteiger partial charge is 0.370 e. The van der Waals surface area contributed by atoms with Gasteiger partial charge in [0.25, 0.3) is 0 Å². The summed E-state index contributed by atoms with van der Waals surface area (Å²) in [5, 5.41) is 6.97. The molecular formula is C14H22N4. The Morgan fingerprint density at radius 1 is 1.17 bits per heavy atom. The molecule has 1 aromatic heterocycles. The highest BCUT2D eigenvalue weighted by molar-refractivity contribution is 5.57. The van der Waals surface area contributed by atoms with Crippen LogP contribution in [0.2, 0.25) is 0 Å². The van der Waals surface area contributed by atoms with Crippen LogP contribution in [0.4, 0.5) is 11.6 Å². The molecule has 98 valence electrons. The van der Waals surface area contributed by atoms with Crippen molar-refractivity contribution in [3.8, 4) is 0 Å². The minimum atomic E-state index is 0.646. The molecule has 0 bridgehead atoms. The SMILES string of the molecule is CCNc1ncnc(NC(C2CC2)C2CC2)c1C. The van der Waals surface area contributed by atoms with Crippen LogP contribution in [0.15, 0.2) is 6.33 Å². The second kappa shape index (κ2) is 4.75. The fraction of sp³-hybridized carbons (Fsp3) is 0.714. The van der Waals surface area contributed by atoms with Crippen molar-refractivity contribution in [2.24, 2.45) is 11.8 Å². The average molecular weight is 246 g/mol. The molecule has 0 amide bonds. The van der Waals surface area contributed by atoms with Crippen molar-refractivity contribution in [3.63, 3.8) is 0 Å². The fourth-order valence-corrected chi connectivity index (χ4v) is 2.63. The molecule has 18 heavy (non-hydrogen) atoms. The van der Waals surface area contributed by atoms with E-state index in [-0.39, 0.29) is 0 Å². The molecule has 0 atom stereocenters. The number of rotatable bonds is 6. The predicted molar refractivity (Wildman–Crippen MR) is 73.8 cm³/mol. The van der Waals surface area contributed by atoms with Gasteiger partial charge in [0, 0.05) is 18.2 Å². The first-order valence-corrected chi connectivity index (χ1v) is 7.11. The third-order valence-electron chi connectivity index (χ3n) is 3.99. The van der Waals surface area contributed by atoms with Gasteiger partial charge in [-0.05, 0) is 51.4 Å². The van der Waals surface area contributed by atoms with E-state index in [1.54, 1.807) is 6.33 Å². The number of aromatic nitrogens is 2. The van der Waals surface area contributed by atoms with Crippen LogP contribution in [0.5, 0.6) is 0 Å². The molecule has 0 radical (unpaired) electrons. The topological polar surface area (TPSA) is 49.8 Å². The van der Waals surface area contributed by atoms with Crippen molar-refractivity contribution in [1.82, 2.24) is 9.97 Å². The van der Waals surface area contributed by atoms with E-state index < -0.39 is 0 Å². The van der Waals surface area contributed by atoms with E-state index in [2.05, 4.69) is 34.4 Å². The number of hydrogen-bond acceptors (Lipinski definition) is 4. The highest BCUT2D eigenvalue weighted by Crippen LogP contribution is 2.46. The minimum Gasteiger partial charge on any atom is -0.370 e. The Kier molecular flexibility index (Phi) is 3.10. The lowest BCUT2D eigenvalue weighted by atomic mass is 10.1. The minimum absolute atomic E-state index is 0.646. The fourth-order valence-electron chi connectivity index (χ4n) is 2.63. The summed E-state index contributed by atoms with van der Waals surface area (Å²) >= 11 is 0. The number of nitrogens with one attached hydrogen (secondary N) is 2. The molecule has 2 aliphatic rings. The highest BCUT2D eigenvalue weighted by Gasteiger charge is 2.41. The van der Waals surface area contributed by atoms with E-state index in [0.717, 1.165) is 35.6 Å². The molecule has 0 unspecified atom stereocenters. The van der Waals surface area contributed by atoms with Gasteiger partial charge in [-0.15, -0.1) is 0 Å². The van der Waals surface area contributed by atoms with Crippen LogP contribution < -0.4 is 10.6 Å². The van der Waals surface area contributed by atoms with E-state index >= 15 is 0 Å². The van der Waals surface area contributed by atoms with E-state index in [4.69, 9.17) is 0 Å². The smallest absolute Gasteiger partial charge is 0.134 e. The Hall–Kier alpha value is -1.32. The molecule has 1 heterocycles. The van der Waals surface area contributed by atoms with Crippen molar-refractivity contribution in [1.29, 1.82) is 0 Å². The van der Waals surface area contributed by atoms with E-state index in [1.165, 1.54) is 25.7 Å². The molecule has 2 saturated carbocycles. The molecule has 2 N–H and O–H groups in total. The first kappa shape index (κ1) is 11.8. The molecular weight excluding hydrogens is 224 g/mol. The van der Waals surface area contributed by atoms with Crippen LogP contribution in [0.25, 0.3) is 0 Å². The second-order valence-corrected chi connectivity index (χ2v) is 5.57. The maximum atomic E-state index is 4.42. The molecule has 2 fully saturated rings. The molecule has 4 heteroatoms. The zero-order valence-corrected chi connectivity index (χ0v) is 11.2. The van der Waals surface area contributed by atoms with Gasteiger partial charge in [0.05, 0.1) is 0 Å². The van der Waals surface area contributed by atoms with Crippen molar-refractivity contribution in [2.75, 3.05) is 17.2 Å². The van der Waals surface area contributed by atoms with Gasteiger partial charge < -0.3 is 10.6 Å². The molecule has 3 rings (SSSR count). The Labute approximate surface area is 109 Å². The van der Waals surface area contributed by atoms with Crippen molar-refractivity contribution >= 4 is 11.6 Å². The summed E-state index contributed by atoms with van der Waals surface area (Å²) in [5.41, 5.74) is 1.14. The van der Waals surface area contributed by atoms with Crippen molar-refractivity contribution in [3.05, 3.63) is 11.9 Å². The van der Waals surface area contributed by atoms with Gasteiger partial charge in [-0.3, -0.25) is 0 Å². The molecule has 0 aliphatic heterocycles. The lowest BCUT2D eigenvalue weighted by Crippen LogP contribution is -2.25. The summed E-state index contributed by atoms with van der Waals surface area (Å²) in [4.78, 5) is 8.71. The second-order valence-electron chi connectivity index (χ2n) is 5.57. The number of hydrogen-bond donors (Lipinski definition) is 2. The van der Waals surface area contributed by atoms with Crippen LogP contribution in [-0.2, 0) is 0 Å². The summed E-state index contributed by atoms with van der Waals surface area (Å²) in [5.74, 6) is 3.74. The quantitative estimate of drug-likeness (QED) is 0.810. The van der Waals surface area contributed by atoms with Gasteiger partial charge in [0.15, 0.2) is 0 Å². The first-order chi connectivity index (χ1) is 8.79. The zero-order chi connectivity index (χ0) is 12.5.